The van der Waals surface area contributed by atoms with Gasteiger partial charge in [-0.3, -0.25) is 20.4 Å². The maximum absolute atomic E-state index is 13.1. The number of hydrogen-bond acceptors (Lipinski definition) is 10. The summed E-state index contributed by atoms with van der Waals surface area (Å²) in [5.74, 6) is -6.34. The van der Waals surface area contributed by atoms with Crippen LogP contribution < -0.4 is 20.3 Å². The number of esters is 2. The van der Waals surface area contributed by atoms with Gasteiger partial charge in [0.05, 0.1) is 30.9 Å². The van der Waals surface area contributed by atoms with Crippen LogP contribution in [0.2, 0.25) is 0 Å². The van der Waals surface area contributed by atoms with E-state index in [9.17, 15) is 34.2 Å². The summed E-state index contributed by atoms with van der Waals surface area (Å²) < 4.78 is 20.3. The highest BCUT2D eigenvalue weighted by atomic mass is 16.6. The quantitative estimate of drug-likeness (QED) is 0.212. The molecule has 40 heavy (non-hydrogen) atoms. The lowest BCUT2D eigenvalue weighted by atomic mass is 10.1. The van der Waals surface area contributed by atoms with Gasteiger partial charge in [0.25, 0.3) is 11.8 Å². The maximum Gasteiger partial charge on any atom is 0.349 e. The van der Waals surface area contributed by atoms with Crippen LogP contribution in [0.3, 0.4) is 0 Å². The van der Waals surface area contributed by atoms with Crippen LogP contribution in [0.15, 0.2) is 72.8 Å². The Morgan fingerprint density at radius 3 is 1.73 bits per heavy atom. The van der Waals surface area contributed by atoms with Gasteiger partial charge in [0.2, 0.25) is 12.2 Å². The zero-order valence-electron chi connectivity index (χ0n) is 21.2. The number of hydrazine groups is 1. The fraction of sp³-hybridized carbons (Fsp3) is 0.148. The number of carbonyl (C=O) groups excluding carboxylic acids is 4. The number of carbonyl (C=O) groups is 5. The van der Waals surface area contributed by atoms with Crippen LogP contribution in [0, 0.1) is 0 Å². The number of benzene rings is 3. The van der Waals surface area contributed by atoms with Gasteiger partial charge in [0.15, 0.2) is 0 Å². The van der Waals surface area contributed by atoms with Crippen LogP contribution in [0.4, 0.5) is 0 Å². The highest BCUT2D eigenvalue weighted by Crippen LogP contribution is 2.19. The Bertz CT molecular complexity index is 1420. The maximum atomic E-state index is 13.1. The Morgan fingerprint density at radius 1 is 0.700 bits per heavy atom. The van der Waals surface area contributed by atoms with Crippen LogP contribution >= 0.6 is 0 Å². The molecule has 2 amide bonds. The van der Waals surface area contributed by atoms with E-state index in [1.807, 2.05) is 10.9 Å². The molecule has 0 unspecified atom stereocenters. The van der Waals surface area contributed by atoms with E-state index >= 15 is 0 Å². The van der Waals surface area contributed by atoms with Crippen LogP contribution in [-0.2, 0) is 19.1 Å². The molecular formula is C27H24N2O11. The molecule has 208 valence electrons. The largest absolute Gasteiger partial charge is 0.507 e. The SMILES string of the molecule is COc1cccc(C(=O)O[C@@H](C(=O)O)[C@@H](OC(=O)c2cccc(OC)c2)C(=O)NNC(=O)c2ccccc2O)c1. The van der Waals surface area contributed by atoms with Crippen molar-refractivity contribution in [2.45, 2.75) is 12.2 Å². The van der Waals surface area contributed by atoms with Gasteiger partial charge in [-0.25, -0.2) is 14.4 Å². The molecule has 0 aromatic heterocycles. The highest BCUT2D eigenvalue weighted by molar-refractivity contribution is 6.00. The number of para-hydroxylation sites is 1. The van der Waals surface area contributed by atoms with Crippen molar-refractivity contribution in [1.29, 1.82) is 0 Å². The van der Waals surface area contributed by atoms with Crippen LogP contribution in [0.1, 0.15) is 31.1 Å². The molecule has 0 heterocycles. The number of carboxylic acid groups (broad SMARTS) is 1. The number of rotatable bonds is 10. The molecule has 0 aliphatic heterocycles. The van der Waals surface area contributed by atoms with E-state index < -0.39 is 47.7 Å². The van der Waals surface area contributed by atoms with Crippen LogP contribution in [0.25, 0.3) is 0 Å². The normalized spacial score (nSPS) is 11.8. The minimum atomic E-state index is -2.35. The summed E-state index contributed by atoms with van der Waals surface area (Å²) in [7, 11) is 2.71. The fourth-order valence-corrected chi connectivity index (χ4v) is 3.28. The minimum Gasteiger partial charge on any atom is -0.507 e. The summed E-state index contributed by atoms with van der Waals surface area (Å²) in [6.07, 6.45) is -4.63. The van der Waals surface area contributed by atoms with Crippen molar-refractivity contribution < 1.29 is 53.1 Å². The first-order chi connectivity index (χ1) is 19.1. The number of methoxy groups -OCH3 is 2. The van der Waals surface area contributed by atoms with Gasteiger partial charge < -0.3 is 29.2 Å². The molecule has 0 saturated carbocycles. The molecule has 0 spiro atoms. The average Bonchev–Trinajstić information content (AvgIpc) is 2.97. The fourth-order valence-electron chi connectivity index (χ4n) is 3.28. The van der Waals surface area contributed by atoms with Crippen molar-refractivity contribution in [2.24, 2.45) is 0 Å². The molecule has 2 atom stereocenters. The number of carboxylic acids is 1. The van der Waals surface area contributed by atoms with Crippen LogP contribution in [0.5, 0.6) is 17.2 Å². The number of phenols is 1. The summed E-state index contributed by atoms with van der Waals surface area (Å²) in [4.78, 5) is 63.2. The van der Waals surface area contributed by atoms with Crippen molar-refractivity contribution in [3.05, 3.63) is 89.5 Å². The lowest BCUT2D eigenvalue weighted by Crippen LogP contribution is -2.54. The molecule has 0 saturated heterocycles. The molecule has 3 aromatic carbocycles. The van der Waals surface area contributed by atoms with Crippen molar-refractivity contribution in [3.8, 4) is 17.2 Å². The second-order valence-corrected chi connectivity index (χ2v) is 7.91. The molecule has 0 aliphatic rings. The van der Waals surface area contributed by atoms with E-state index in [0.717, 1.165) is 0 Å². The van der Waals surface area contributed by atoms with Gasteiger partial charge in [0.1, 0.15) is 17.2 Å². The van der Waals surface area contributed by atoms with Crippen molar-refractivity contribution in [2.75, 3.05) is 14.2 Å². The first-order valence-corrected chi connectivity index (χ1v) is 11.5. The van der Waals surface area contributed by atoms with Crippen LogP contribution in [-0.4, -0.2) is 66.4 Å². The van der Waals surface area contributed by atoms with Gasteiger partial charge in [-0.2, -0.15) is 0 Å². The lowest BCUT2D eigenvalue weighted by Gasteiger charge is -2.23. The number of aliphatic carboxylic acids is 1. The van der Waals surface area contributed by atoms with Gasteiger partial charge in [0, 0.05) is 0 Å². The smallest absolute Gasteiger partial charge is 0.349 e. The topological polar surface area (TPSA) is 187 Å². The zero-order chi connectivity index (χ0) is 29.2. The van der Waals surface area contributed by atoms with Gasteiger partial charge in [-0.05, 0) is 48.5 Å². The average molecular weight is 552 g/mol. The Labute approximate surface area is 227 Å². The molecule has 3 aromatic rings. The Kier molecular flexibility index (Phi) is 9.62. The summed E-state index contributed by atoms with van der Waals surface area (Å²) in [5.41, 5.74) is 3.47. The van der Waals surface area contributed by atoms with Gasteiger partial charge in [-0.15, -0.1) is 0 Å². The molecule has 0 bridgehead atoms. The third-order valence-corrected chi connectivity index (χ3v) is 5.30. The first-order valence-electron chi connectivity index (χ1n) is 11.5. The van der Waals surface area contributed by atoms with Gasteiger partial charge in [-0.1, -0.05) is 24.3 Å². The van der Waals surface area contributed by atoms with E-state index in [1.165, 1.54) is 87.0 Å². The summed E-state index contributed by atoms with van der Waals surface area (Å²) in [6, 6.07) is 16.5. The number of hydrogen-bond donors (Lipinski definition) is 4. The minimum absolute atomic E-state index is 0.112. The predicted molar refractivity (Wildman–Crippen MR) is 136 cm³/mol. The van der Waals surface area contributed by atoms with E-state index in [4.69, 9.17) is 18.9 Å². The summed E-state index contributed by atoms with van der Waals surface area (Å²) >= 11 is 0. The standard InChI is InChI=1S/C27H24N2O11/c1-37-17-9-5-7-15(13-17)26(35)39-21(24(32)29-28-23(31)19-11-3-4-12-20(19)30)22(25(33)34)40-27(36)16-8-6-10-18(14-16)38-2/h3-14,21-22,30H,1-2H3,(H,28,31)(H,29,32)(H,33,34)/t21-,22-/m1/s1. The molecule has 0 fully saturated rings. The zero-order valence-corrected chi connectivity index (χ0v) is 21.2. The second kappa shape index (κ2) is 13.3. The third-order valence-electron chi connectivity index (χ3n) is 5.30. The molecule has 4 N–H and O–H groups in total. The molecular weight excluding hydrogens is 528 g/mol. The molecule has 0 radical (unpaired) electrons. The van der Waals surface area contributed by atoms with E-state index in [0.29, 0.717) is 0 Å². The molecule has 13 heteroatoms. The molecule has 0 aliphatic carbocycles. The number of amides is 2. The van der Waals surface area contributed by atoms with E-state index in [2.05, 4.69) is 0 Å². The third kappa shape index (κ3) is 7.25. The highest BCUT2D eigenvalue weighted by Gasteiger charge is 2.41. The number of nitrogens with one attached hydrogen (secondary N) is 2. The van der Waals surface area contributed by atoms with E-state index in [-0.39, 0.29) is 28.2 Å². The number of ether oxygens (including phenoxy) is 4. The Morgan fingerprint density at radius 2 is 1.23 bits per heavy atom. The number of phenolic OH excluding ortho intramolecular Hbond substituents is 1. The van der Waals surface area contributed by atoms with E-state index in [1.54, 1.807) is 0 Å². The lowest BCUT2D eigenvalue weighted by molar-refractivity contribution is -0.159. The Hall–Kier alpha value is -5.59. The van der Waals surface area contributed by atoms with Crippen molar-refractivity contribution in [1.82, 2.24) is 10.9 Å². The van der Waals surface area contributed by atoms with Crippen molar-refractivity contribution >= 4 is 29.7 Å². The summed E-state index contributed by atoms with van der Waals surface area (Å²) in [6.45, 7) is 0. The molecule has 13 nitrogen and oxygen atoms in total. The Balaban J connectivity index is 1.88. The second-order valence-electron chi connectivity index (χ2n) is 7.91. The summed E-state index contributed by atoms with van der Waals surface area (Å²) in [5, 5.41) is 19.7. The van der Waals surface area contributed by atoms with Crippen molar-refractivity contribution in [3.63, 3.8) is 0 Å². The van der Waals surface area contributed by atoms with Gasteiger partial charge >= 0.3 is 17.9 Å². The molecule has 3 rings (SSSR count). The first kappa shape index (κ1) is 29.0. The number of aromatic hydroxyl groups is 1. The monoisotopic (exact) mass is 552 g/mol. The predicted octanol–water partition coefficient (Wildman–Crippen LogP) is 1.71.